The number of ether oxygens (including phenoxy) is 1. The highest BCUT2D eigenvalue weighted by Gasteiger charge is 2.28. The van der Waals surface area contributed by atoms with E-state index < -0.39 is 0 Å². The molecule has 0 saturated heterocycles. The fourth-order valence-corrected chi connectivity index (χ4v) is 4.16. The lowest BCUT2D eigenvalue weighted by Gasteiger charge is -2.29. The second-order valence-electron chi connectivity index (χ2n) is 7.54. The summed E-state index contributed by atoms with van der Waals surface area (Å²) < 4.78 is 6.13. The Morgan fingerprint density at radius 3 is 2.19 bits per heavy atom. The Hall–Kier alpha value is -2.88. The van der Waals surface area contributed by atoms with Gasteiger partial charge in [0.25, 0.3) is 0 Å². The molecule has 2 aliphatic heterocycles. The summed E-state index contributed by atoms with van der Waals surface area (Å²) in [7, 11) is 0. The first-order valence-corrected chi connectivity index (χ1v) is 9.66. The Bertz CT molecular complexity index is 975. The molecule has 2 aliphatic rings. The van der Waals surface area contributed by atoms with Crippen LogP contribution in [-0.2, 0) is 19.3 Å². The number of para-hydroxylation sites is 1. The Labute approximate surface area is 159 Å². The lowest BCUT2D eigenvalue weighted by atomic mass is 10.0. The molecule has 5 rings (SSSR count). The molecule has 0 aliphatic carbocycles. The minimum atomic E-state index is 0.764. The highest BCUT2D eigenvalue weighted by atomic mass is 16.5. The van der Waals surface area contributed by atoms with Crippen LogP contribution in [0.1, 0.15) is 34.2 Å². The van der Waals surface area contributed by atoms with Gasteiger partial charge in [-0.05, 0) is 73.4 Å². The topological polar surface area (TPSA) is 38.2 Å². The van der Waals surface area contributed by atoms with Gasteiger partial charge in [-0.2, -0.15) is 0 Å². The fraction of sp³-hybridized carbons (Fsp3) is 0.304. The van der Waals surface area contributed by atoms with Crippen LogP contribution in [0.2, 0.25) is 0 Å². The number of fused-ring (bicyclic) bond motifs is 3. The molecule has 4 heterocycles. The summed E-state index contributed by atoms with van der Waals surface area (Å²) in [6, 6.07) is 10.9. The molecule has 1 aromatic carbocycles. The van der Waals surface area contributed by atoms with Gasteiger partial charge >= 0.3 is 0 Å². The van der Waals surface area contributed by atoms with Crippen molar-refractivity contribution in [1.29, 1.82) is 0 Å². The van der Waals surface area contributed by atoms with Gasteiger partial charge in [0.1, 0.15) is 17.4 Å². The van der Waals surface area contributed by atoms with Crippen molar-refractivity contribution >= 4 is 17.3 Å². The Morgan fingerprint density at radius 2 is 1.52 bits per heavy atom. The van der Waals surface area contributed by atoms with Gasteiger partial charge in [-0.1, -0.05) is 24.3 Å². The smallest absolute Gasteiger partial charge is 0.146 e. The van der Waals surface area contributed by atoms with Crippen molar-refractivity contribution in [3.63, 3.8) is 0 Å². The molecule has 2 aromatic heterocycles. The van der Waals surface area contributed by atoms with E-state index in [0.29, 0.717) is 0 Å². The van der Waals surface area contributed by atoms with Gasteiger partial charge in [0, 0.05) is 12.4 Å². The SMILES string of the molecule is Cc1cnc2c(c1)CCc1cc(C)cnc1N2c1cccc2c1OCCC2. The molecule has 0 fully saturated rings. The van der Waals surface area contributed by atoms with Crippen molar-refractivity contribution in [2.24, 2.45) is 0 Å². The Balaban J connectivity index is 1.78. The van der Waals surface area contributed by atoms with Crippen LogP contribution in [0.3, 0.4) is 0 Å². The molecule has 0 unspecified atom stereocenters. The van der Waals surface area contributed by atoms with Crippen molar-refractivity contribution in [3.8, 4) is 5.75 Å². The van der Waals surface area contributed by atoms with Crippen LogP contribution in [0.25, 0.3) is 0 Å². The van der Waals surface area contributed by atoms with E-state index >= 15 is 0 Å². The summed E-state index contributed by atoms with van der Waals surface area (Å²) in [6.07, 6.45) is 7.95. The van der Waals surface area contributed by atoms with Gasteiger partial charge < -0.3 is 4.74 Å². The largest absolute Gasteiger partial charge is 0.491 e. The van der Waals surface area contributed by atoms with Crippen LogP contribution in [-0.4, -0.2) is 16.6 Å². The summed E-state index contributed by atoms with van der Waals surface area (Å²) >= 11 is 0. The maximum absolute atomic E-state index is 6.13. The molecule has 0 atom stereocenters. The molecule has 4 heteroatoms. The van der Waals surface area contributed by atoms with E-state index in [0.717, 1.165) is 55.4 Å². The van der Waals surface area contributed by atoms with Crippen molar-refractivity contribution in [3.05, 3.63) is 70.5 Å². The van der Waals surface area contributed by atoms with Crippen LogP contribution in [0, 0.1) is 13.8 Å². The second-order valence-corrected chi connectivity index (χ2v) is 7.54. The number of anilines is 3. The number of pyridine rings is 2. The van der Waals surface area contributed by atoms with Crippen molar-refractivity contribution in [2.45, 2.75) is 39.5 Å². The third-order valence-electron chi connectivity index (χ3n) is 5.40. The first-order valence-electron chi connectivity index (χ1n) is 9.66. The van der Waals surface area contributed by atoms with Gasteiger partial charge in [-0.25, -0.2) is 9.97 Å². The normalized spacial score (nSPS) is 15.3. The molecule has 0 spiro atoms. The second kappa shape index (κ2) is 6.38. The molecule has 136 valence electrons. The number of hydrogen-bond acceptors (Lipinski definition) is 4. The zero-order valence-electron chi connectivity index (χ0n) is 15.8. The summed E-state index contributed by atoms with van der Waals surface area (Å²) in [5, 5.41) is 0. The molecular weight excluding hydrogens is 334 g/mol. The van der Waals surface area contributed by atoms with Crippen LogP contribution < -0.4 is 9.64 Å². The molecule has 0 saturated carbocycles. The van der Waals surface area contributed by atoms with E-state index in [1.807, 2.05) is 12.4 Å². The zero-order valence-corrected chi connectivity index (χ0v) is 15.8. The molecule has 0 radical (unpaired) electrons. The summed E-state index contributed by atoms with van der Waals surface area (Å²) in [5.41, 5.74) is 7.22. The van der Waals surface area contributed by atoms with Crippen molar-refractivity contribution in [1.82, 2.24) is 9.97 Å². The monoisotopic (exact) mass is 357 g/mol. The number of aromatic nitrogens is 2. The number of aryl methyl sites for hydroxylation is 5. The first kappa shape index (κ1) is 16.3. The number of nitrogens with zero attached hydrogens (tertiary/aromatic N) is 3. The van der Waals surface area contributed by atoms with E-state index in [4.69, 9.17) is 14.7 Å². The van der Waals surface area contributed by atoms with Gasteiger partial charge in [-0.15, -0.1) is 0 Å². The number of rotatable bonds is 1. The quantitative estimate of drug-likeness (QED) is 0.615. The van der Waals surface area contributed by atoms with Gasteiger partial charge in [0.15, 0.2) is 0 Å². The Morgan fingerprint density at radius 1 is 0.852 bits per heavy atom. The van der Waals surface area contributed by atoms with Crippen LogP contribution in [0.4, 0.5) is 17.3 Å². The predicted molar refractivity (Wildman–Crippen MR) is 107 cm³/mol. The third kappa shape index (κ3) is 2.76. The van der Waals surface area contributed by atoms with Gasteiger partial charge in [0.2, 0.25) is 0 Å². The minimum Gasteiger partial charge on any atom is -0.491 e. The molecule has 4 nitrogen and oxygen atoms in total. The van der Waals surface area contributed by atoms with Gasteiger partial charge in [0.05, 0.1) is 12.3 Å². The lowest BCUT2D eigenvalue weighted by Crippen LogP contribution is -2.18. The van der Waals surface area contributed by atoms with E-state index in [-0.39, 0.29) is 0 Å². The first-order chi connectivity index (χ1) is 13.2. The Kier molecular flexibility index (Phi) is 3.85. The lowest BCUT2D eigenvalue weighted by molar-refractivity contribution is 0.289. The fourth-order valence-electron chi connectivity index (χ4n) is 4.16. The molecule has 0 N–H and O–H groups in total. The molecule has 0 bridgehead atoms. The minimum absolute atomic E-state index is 0.764. The summed E-state index contributed by atoms with van der Waals surface area (Å²) in [5.74, 6) is 2.92. The van der Waals surface area contributed by atoms with Crippen LogP contribution in [0.5, 0.6) is 5.75 Å². The van der Waals surface area contributed by atoms with E-state index in [1.54, 1.807) is 0 Å². The van der Waals surface area contributed by atoms with Gasteiger partial charge in [-0.3, -0.25) is 4.90 Å². The molecule has 3 aromatic rings. The summed E-state index contributed by atoms with van der Waals surface area (Å²) in [6.45, 7) is 4.97. The number of benzene rings is 1. The van der Waals surface area contributed by atoms with E-state index in [1.165, 1.54) is 27.8 Å². The molecular formula is C23H23N3O. The zero-order chi connectivity index (χ0) is 18.4. The van der Waals surface area contributed by atoms with Crippen LogP contribution >= 0.6 is 0 Å². The maximum Gasteiger partial charge on any atom is 0.146 e. The van der Waals surface area contributed by atoms with E-state index in [2.05, 4.69) is 49.1 Å². The third-order valence-corrected chi connectivity index (χ3v) is 5.40. The van der Waals surface area contributed by atoms with Crippen LogP contribution in [0.15, 0.2) is 42.7 Å². The maximum atomic E-state index is 6.13. The predicted octanol–water partition coefficient (Wildman–Crippen LogP) is 4.99. The van der Waals surface area contributed by atoms with Crippen molar-refractivity contribution in [2.75, 3.05) is 11.5 Å². The molecule has 0 amide bonds. The number of hydrogen-bond donors (Lipinski definition) is 0. The van der Waals surface area contributed by atoms with Crippen molar-refractivity contribution < 1.29 is 4.74 Å². The average Bonchev–Trinajstić information content (AvgIpc) is 2.84. The standard InChI is InChI=1S/C23H23N3O/c1-15-11-18-8-9-19-12-16(2)14-25-23(19)26(22(18)24-13-15)20-7-3-5-17-6-4-10-27-21(17)20/h3,5,7,11-14H,4,6,8-10H2,1-2H3. The highest BCUT2D eigenvalue weighted by Crippen LogP contribution is 2.45. The average molecular weight is 357 g/mol. The summed E-state index contributed by atoms with van der Waals surface area (Å²) in [4.78, 5) is 11.9. The molecule has 27 heavy (non-hydrogen) atoms. The van der Waals surface area contributed by atoms with E-state index in [9.17, 15) is 0 Å². The highest BCUT2D eigenvalue weighted by molar-refractivity contribution is 5.81.